The molecule has 1 aromatic carbocycles. The Balaban J connectivity index is 2.21. The number of rotatable bonds is 2. The quantitative estimate of drug-likeness (QED) is 0.749. The number of benzene rings is 1. The standard InChI is InChI=1S/C14H22N2O2/c1-9-8-16(10(2)7-15-9)11(3)13-5-4-12(17)6-14(13)18/h4-6,9-11,15,17-18H,7-8H2,1-3H3. The lowest BCUT2D eigenvalue weighted by molar-refractivity contribution is 0.102. The predicted octanol–water partition coefficient (Wildman–Crippen LogP) is 1.84. The van der Waals surface area contributed by atoms with E-state index in [1.54, 1.807) is 12.1 Å². The number of phenolic OH excluding ortho intramolecular Hbond substituents is 2. The van der Waals surface area contributed by atoms with Gasteiger partial charge in [-0.2, -0.15) is 0 Å². The number of phenols is 2. The van der Waals surface area contributed by atoms with Crippen LogP contribution in [0.2, 0.25) is 0 Å². The van der Waals surface area contributed by atoms with Crippen molar-refractivity contribution in [3.8, 4) is 11.5 Å². The van der Waals surface area contributed by atoms with Crippen LogP contribution in [0.5, 0.6) is 11.5 Å². The molecule has 3 atom stereocenters. The second-order valence-corrected chi connectivity index (χ2v) is 5.27. The fourth-order valence-electron chi connectivity index (χ4n) is 2.65. The van der Waals surface area contributed by atoms with Gasteiger partial charge < -0.3 is 15.5 Å². The zero-order chi connectivity index (χ0) is 13.3. The summed E-state index contributed by atoms with van der Waals surface area (Å²) in [4.78, 5) is 2.38. The average Bonchev–Trinajstić information content (AvgIpc) is 2.31. The zero-order valence-electron chi connectivity index (χ0n) is 11.2. The molecule has 3 N–H and O–H groups in total. The van der Waals surface area contributed by atoms with Crippen molar-refractivity contribution < 1.29 is 10.2 Å². The van der Waals surface area contributed by atoms with E-state index in [0.29, 0.717) is 12.1 Å². The second-order valence-electron chi connectivity index (χ2n) is 5.27. The Morgan fingerprint density at radius 1 is 1.33 bits per heavy atom. The molecule has 2 rings (SSSR count). The summed E-state index contributed by atoms with van der Waals surface area (Å²) >= 11 is 0. The van der Waals surface area contributed by atoms with Crippen LogP contribution in [0.3, 0.4) is 0 Å². The Labute approximate surface area is 108 Å². The van der Waals surface area contributed by atoms with E-state index in [-0.39, 0.29) is 17.5 Å². The first-order chi connectivity index (χ1) is 8.49. The van der Waals surface area contributed by atoms with E-state index < -0.39 is 0 Å². The number of hydrogen-bond donors (Lipinski definition) is 3. The molecule has 4 nitrogen and oxygen atoms in total. The molecule has 1 saturated heterocycles. The maximum absolute atomic E-state index is 9.94. The van der Waals surface area contributed by atoms with Crippen molar-refractivity contribution in [2.45, 2.75) is 38.9 Å². The summed E-state index contributed by atoms with van der Waals surface area (Å²) in [5.41, 5.74) is 0.869. The van der Waals surface area contributed by atoms with Crippen LogP contribution in [0.4, 0.5) is 0 Å². The molecule has 1 aromatic rings. The van der Waals surface area contributed by atoms with E-state index in [1.807, 2.05) is 0 Å². The molecule has 0 bridgehead atoms. The van der Waals surface area contributed by atoms with Crippen molar-refractivity contribution >= 4 is 0 Å². The molecular weight excluding hydrogens is 228 g/mol. The first kappa shape index (κ1) is 13.2. The fourth-order valence-corrected chi connectivity index (χ4v) is 2.65. The van der Waals surface area contributed by atoms with Gasteiger partial charge in [-0.15, -0.1) is 0 Å². The van der Waals surface area contributed by atoms with Gasteiger partial charge in [-0.3, -0.25) is 4.90 Å². The van der Waals surface area contributed by atoms with Gasteiger partial charge in [-0.25, -0.2) is 0 Å². The Bertz CT molecular complexity index is 422. The van der Waals surface area contributed by atoms with E-state index in [4.69, 9.17) is 0 Å². The SMILES string of the molecule is CC1CN(C(C)c2ccc(O)cc2O)C(C)CN1. The molecular formula is C14H22N2O2. The number of hydrogen-bond acceptors (Lipinski definition) is 4. The van der Waals surface area contributed by atoms with Gasteiger partial charge in [-0.1, -0.05) is 6.07 Å². The number of piperazine rings is 1. The highest BCUT2D eigenvalue weighted by atomic mass is 16.3. The highest BCUT2D eigenvalue weighted by Gasteiger charge is 2.28. The predicted molar refractivity (Wildman–Crippen MR) is 71.8 cm³/mol. The number of aromatic hydroxyl groups is 2. The van der Waals surface area contributed by atoms with Gasteiger partial charge in [0.15, 0.2) is 0 Å². The van der Waals surface area contributed by atoms with E-state index in [9.17, 15) is 10.2 Å². The lowest BCUT2D eigenvalue weighted by Crippen LogP contribution is -2.54. The first-order valence-corrected chi connectivity index (χ1v) is 6.50. The third-order valence-corrected chi connectivity index (χ3v) is 3.77. The van der Waals surface area contributed by atoms with Crippen LogP contribution in [0, 0.1) is 0 Å². The topological polar surface area (TPSA) is 55.7 Å². The molecule has 3 unspecified atom stereocenters. The summed E-state index contributed by atoms with van der Waals surface area (Å²) in [6.45, 7) is 8.38. The van der Waals surface area contributed by atoms with Crippen molar-refractivity contribution in [3.05, 3.63) is 23.8 Å². The van der Waals surface area contributed by atoms with Crippen LogP contribution in [0.15, 0.2) is 18.2 Å². The molecule has 18 heavy (non-hydrogen) atoms. The normalized spacial score (nSPS) is 27.1. The Hall–Kier alpha value is -1.26. The maximum atomic E-state index is 9.94. The summed E-state index contributed by atoms with van der Waals surface area (Å²) < 4.78 is 0. The Morgan fingerprint density at radius 2 is 2.06 bits per heavy atom. The first-order valence-electron chi connectivity index (χ1n) is 6.50. The van der Waals surface area contributed by atoms with Gasteiger partial charge in [-0.05, 0) is 26.8 Å². The molecule has 0 saturated carbocycles. The molecule has 0 aliphatic carbocycles. The Morgan fingerprint density at radius 3 is 2.72 bits per heavy atom. The minimum atomic E-state index is 0.102. The van der Waals surface area contributed by atoms with Gasteiger partial charge >= 0.3 is 0 Å². The highest BCUT2D eigenvalue weighted by molar-refractivity contribution is 5.40. The van der Waals surface area contributed by atoms with Crippen molar-refractivity contribution in [1.82, 2.24) is 10.2 Å². The van der Waals surface area contributed by atoms with Gasteiger partial charge in [0.1, 0.15) is 11.5 Å². The van der Waals surface area contributed by atoms with E-state index in [1.165, 1.54) is 6.07 Å². The van der Waals surface area contributed by atoms with Crippen LogP contribution in [0.1, 0.15) is 32.4 Å². The van der Waals surface area contributed by atoms with Crippen LogP contribution >= 0.6 is 0 Å². The van der Waals surface area contributed by atoms with Gasteiger partial charge in [0.25, 0.3) is 0 Å². The molecule has 0 aromatic heterocycles. The minimum Gasteiger partial charge on any atom is -0.508 e. The largest absolute Gasteiger partial charge is 0.508 e. The van der Waals surface area contributed by atoms with Crippen LogP contribution in [0.25, 0.3) is 0 Å². The van der Waals surface area contributed by atoms with Crippen LogP contribution in [-0.4, -0.2) is 40.3 Å². The summed E-state index contributed by atoms with van der Waals surface area (Å²) in [5, 5.41) is 22.7. The smallest absolute Gasteiger partial charge is 0.124 e. The monoisotopic (exact) mass is 250 g/mol. The highest BCUT2D eigenvalue weighted by Crippen LogP contribution is 2.32. The zero-order valence-corrected chi connectivity index (χ0v) is 11.2. The van der Waals surface area contributed by atoms with Crippen LogP contribution < -0.4 is 5.32 Å². The van der Waals surface area contributed by atoms with Crippen molar-refractivity contribution in [2.75, 3.05) is 13.1 Å². The lowest BCUT2D eigenvalue weighted by Gasteiger charge is -2.41. The van der Waals surface area contributed by atoms with Gasteiger partial charge in [0.2, 0.25) is 0 Å². The van der Waals surface area contributed by atoms with Crippen molar-refractivity contribution in [1.29, 1.82) is 0 Å². The Kier molecular flexibility index (Phi) is 3.78. The summed E-state index contributed by atoms with van der Waals surface area (Å²) in [6.07, 6.45) is 0. The van der Waals surface area contributed by atoms with E-state index >= 15 is 0 Å². The number of nitrogens with one attached hydrogen (secondary N) is 1. The van der Waals surface area contributed by atoms with E-state index in [2.05, 4.69) is 31.0 Å². The van der Waals surface area contributed by atoms with E-state index in [0.717, 1.165) is 18.7 Å². The molecule has 0 radical (unpaired) electrons. The maximum Gasteiger partial charge on any atom is 0.124 e. The fraction of sp³-hybridized carbons (Fsp3) is 0.571. The third-order valence-electron chi connectivity index (χ3n) is 3.77. The molecule has 1 fully saturated rings. The molecule has 1 heterocycles. The number of nitrogens with zero attached hydrogens (tertiary/aromatic N) is 1. The summed E-state index contributed by atoms with van der Waals surface area (Å²) in [7, 11) is 0. The van der Waals surface area contributed by atoms with Gasteiger partial charge in [0.05, 0.1) is 0 Å². The molecule has 0 amide bonds. The second kappa shape index (κ2) is 5.16. The molecule has 1 aliphatic rings. The molecule has 4 heteroatoms. The van der Waals surface area contributed by atoms with Gasteiger partial charge in [0, 0.05) is 42.8 Å². The average molecular weight is 250 g/mol. The van der Waals surface area contributed by atoms with Crippen molar-refractivity contribution in [3.63, 3.8) is 0 Å². The summed E-state index contributed by atoms with van der Waals surface area (Å²) in [5.74, 6) is 0.270. The summed E-state index contributed by atoms with van der Waals surface area (Å²) in [6, 6.07) is 5.87. The third kappa shape index (κ3) is 2.60. The van der Waals surface area contributed by atoms with Crippen molar-refractivity contribution in [2.24, 2.45) is 0 Å². The molecule has 100 valence electrons. The minimum absolute atomic E-state index is 0.102. The molecule has 0 spiro atoms. The van der Waals surface area contributed by atoms with Crippen LogP contribution in [-0.2, 0) is 0 Å². The molecule has 1 aliphatic heterocycles. The lowest BCUT2D eigenvalue weighted by atomic mass is 10.0.